The van der Waals surface area contributed by atoms with Crippen molar-refractivity contribution in [2.45, 2.75) is 13.5 Å². The van der Waals surface area contributed by atoms with Crippen molar-refractivity contribution in [3.05, 3.63) is 93.6 Å². The second-order valence-electron chi connectivity index (χ2n) is 7.39. The molecule has 1 heterocycles. The van der Waals surface area contributed by atoms with Crippen molar-refractivity contribution in [3.63, 3.8) is 0 Å². The van der Waals surface area contributed by atoms with Crippen LogP contribution >= 0.6 is 15.9 Å². The SMILES string of the molecule is COc1cccc(/C=C2\N=C(c3ccc(NC(C)=O)cc3)OC2=O)c1OCc1ccc(Br)cc1. The largest absolute Gasteiger partial charge is 0.493 e. The number of benzene rings is 3. The fourth-order valence-corrected chi connectivity index (χ4v) is 3.54. The van der Waals surface area contributed by atoms with E-state index in [1.807, 2.05) is 36.4 Å². The lowest BCUT2D eigenvalue weighted by atomic mass is 10.1. The second kappa shape index (κ2) is 10.4. The highest BCUT2D eigenvalue weighted by Gasteiger charge is 2.25. The zero-order valence-corrected chi connectivity index (χ0v) is 20.1. The number of nitrogens with zero attached hydrogens (tertiary/aromatic N) is 1. The van der Waals surface area contributed by atoms with E-state index in [-0.39, 0.29) is 17.5 Å². The number of nitrogens with one attached hydrogen (secondary N) is 1. The van der Waals surface area contributed by atoms with Crippen molar-refractivity contribution in [3.8, 4) is 11.5 Å². The van der Waals surface area contributed by atoms with Gasteiger partial charge in [0.05, 0.1) is 7.11 Å². The van der Waals surface area contributed by atoms with E-state index < -0.39 is 5.97 Å². The Hall–Kier alpha value is -3.91. The molecule has 0 spiro atoms. The van der Waals surface area contributed by atoms with Crippen molar-refractivity contribution in [2.24, 2.45) is 4.99 Å². The highest BCUT2D eigenvalue weighted by Crippen LogP contribution is 2.34. The first-order valence-corrected chi connectivity index (χ1v) is 11.2. The van der Waals surface area contributed by atoms with E-state index >= 15 is 0 Å². The Morgan fingerprint density at radius 2 is 1.82 bits per heavy atom. The number of esters is 1. The van der Waals surface area contributed by atoms with Crippen LogP contribution in [0.3, 0.4) is 0 Å². The van der Waals surface area contributed by atoms with Gasteiger partial charge >= 0.3 is 5.97 Å². The molecule has 0 radical (unpaired) electrons. The number of halogens is 1. The summed E-state index contributed by atoms with van der Waals surface area (Å²) in [6.07, 6.45) is 1.61. The minimum atomic E-state index is -0.567. The second-order valence-corrected chi connectivity index (χ2v) is 8.30. The number of amides is 1. The molecule has 8 heteroatoms. The number of para-hydroxylation sites is 1. The molecule has 172 valence electrons. The molecule has 0 aromatic heterocycles. The van der Waals surface area contributed by atoms with Crippen LogP contribution in [0.5, 0.6) is 11.5 Å². The number of carbonyl (C=O) groups excluding carboxylic acids is 2. The van der Waals surface area contributed by atoms with Crippen LogP contribution in [0.2, 0.25) is 0 Å². The molecule has 0 bridgehead atoms. The lowest BCUT2D eigenvalue weighted by Crippen LogP contribution is -2.07. The van der Waals surface area contributed by atoms with Crippen molar-refractivity contribution in [2.75, 3.05) is 12.4 Å². The highest BCUT2D eigenvalue weighted by atomic mass is 79.9. The Bertz CT molecular complexity index is 1280. The minimum Gasteiger partial charge on any atom is -0.493 e. The fourth-order valence-electron chi connectivity index (χ4n) is 3.28. The molecule has 1 N–H and O–H groups in total. The molecule has 1 aliphatic rings. The molecule has 0 saturated heterocycles. The van der Waals surface area contributed by atoms with E-state index in [0.717, 1.165) is 10.0 Å². The van der Waals surface area contributed by atoms with Gasteiger partial charge in [-0.15, -0.1) is 0 Å². The van der Waals surface area contributed by atoms with Crippen LogP contribution in [0.25, 0.3) is 6.08 Å². The van der Waals surface area contributed by atoms with Crippen LogP contribution in [-0.4, -0.2) is 24.9 Å². The maximum absolute atomic E-state index is 12.5. The minimum absolute atomic E-state index is 0.141. The number of rotatable bonds is 7. The average molecular weight is 521 g/mol. The summed E-state index contributed by atoms with van der Waals surface area (Å²) < 4.78 is 17.9. The Balaban J connectivity index is 1.60. The molecule has 3 aromatic carbocycles. The van der Waals surface area contributed by atoms with Gasteiger partial charge in [0.25, 0.3) is 0 Å². The van der Waals surface area contributed by atoms with E-state index in [2.05, 4.69) is 26.2 Å². The predicted molar refractivity (Wildman–Crippen MR) is 133 cm³/mol. The van der Waals surface area contributed by atoms with Crippen LogP contribution in [0.15, 0.2) is 81.9 Å². The number of methoxy groups -OCH3 is 1. The monoisotopic (exact) mass is 520 g/mol. The van der Waals surface area contributed by atoms with Crippen LogP contribution in [0.4, 0.5) is 5.69 Å². The Morgan fingerprint density at radius 1 is 1.09 bits per heavy atom. The topological polar surface area (TPSA) is 86.2 Å². The number of hydrogen-bond acceptors (Lipinski definition) is 6. The summed E-state index contributed by atoms with van der Waals surface area (Å²) in [6, 6.07) is 20.1. The summed E-state index contributed by atoms with van der Waals surface area (Å²) in [5, 5.41) is 2.69. The van der Waals surface area contributed by atoms with Gasteiger partial charge in [-0.1, -0.05) is 40.2 Å². The predicted octanol–water partition coefficient (Wildman–Crippen LogP) is 5.34. The molecular formula is C26H21BrN2O5. The lowest BCUT2D eigenvalue weighted by Gasteiger charge is -2.13. The Morgan fingerprint density at radius 3 is 2.50 bits per heavy atom. The van der Waals surface area contributed by atoms with E-state index in [1.54, 1.807) is 43.5 Å². The maximum atomic E-state index is 12.5. The van der Waals surface area contributed by atoms with Crippen LogP contribution in [-0.2, 0) is 20.9 Å². The van der Waals surface area contributed by atoms with Crippen molar-refractivity contribution >= 4 is 45.5 Å². The van der Waals surface area contributed by atoms with Crippen molar-refractivity contribution in [1.29, 1.82) is 0 Å². The number of carbonyl (C=O) groups is 2. The van der Waals surface area contributed by atoms with Crippen LogP contribution in [0.1, 0.15) is 23.6 Å². The average Bonchev–Trinajstić information content (AvgIpc) is 3.19. The van der Waals surface area contributed by atoms with Crippen LogP contribution < -0.4 is 14.8 Å². The van der Waals surface area contributed by atoms with Crippen LogP contribution in [0, 0.1) is 0 Å². The zero-order chi connectivity index (χ0) is 24.1. The van der Waals surface area contributed by atoms with Gasteiger partial charge in [-0.2, -0.15) is 0 Å². The van der Waals surface area contributed by atoms with E-state index in [9.17, 15) is 9.59 Å². The number of hydrogen-bond donors (Lipinski definition) is 1. The number of ether oxygens (including phenoxy) is 3. The smallest absolute Gasteiger partial charge is 0.363 e. The van der Waals surface area contributed by atoms with Gasteiger partial charge in [0.2, 0.25) is 11.8 Å². The molecule has 0 unspecified atom stereocenters. The summed E-state index contributed by atoms with van der Waals surface area (Å²) in [5.41, 5.74) is 3.01. The van der Waals surface area contributed by atoms with Gasteiger partial charge < -0.3 is 19.5 Å². The molecule has 0 saturated carbocycles. The summed E-state index contributed by atoms with van der Waals surface area (Å²) in [5.74, 6) is 0.486. The maximum Gasteiger partial charge on any atom is 0.363 e. The number of cyclic esters (lactones) is 1. The summed E-state index contributed by atoms with van der Waals surface area (Å²) >= 11 is 3.42. The Labute approximate surface area is 205 Å². The normalized spacial score (nSPS) is 13.9. The fraction of sp³-hybridized carbons (Fsp3) is 0.115. The van der Waals surface area contributed by atoms with Gasteiger partial charge in [0.15, 0.2) is 17.2 Å². The molecule has 1 aliphatic heterocycles. The van der Waals surface area contributed by atoms with Gasteiger partial charge in [0, 0.05) is 28.2 Å². The third kappa shape index (κ3) is 5.52. The first-order chi connectivity index (χ1) is 16.4. The third-order valence-corrected chi connectivity index (χ3v) is 5.42. The zero-order valence-electron chi connectivity index (χ0n) is 18.5. The standard InChI is InChI=1S/C26H21BrN2O5/c1-16(30)28-21-12-8-18(9-13-21)25-29-22(26(31)34-25)14-19-4-3-5-23(32-2)24(19)33-15-17-6-10-20(27)11-7-17/h3-14H,15H2,1-2H3,(H,28,30)/b22-14-. The molecule has 0 atom stereocenters. The Kier molecular flexibility index (Phi) is 7.08. The third-order valence-electron chi connectivity index (χ3n) is 4.89. The van der Waals surface area contributed by atoms with Crippen molar-refractivity contribution in [1.82, 2.24) is 0 Å². The molecule has 0 aliphatic carbocycles. The van der Waals surface area contributed by atoms with Gasteiger partial charge in [-0.25, -0.2) is 9.79 Å². The number of anilines is 1. The molecule has 7 nitrogen and oxygen atoms in total. The van der Waals surface area contributed by atoms with Crippen molar-refractivity contribution < 1.29 is 23.8 Å². The van der Waals surface area contributed by atoms with E-state index in [0.29, 0.717) is 34.9 Å². The van der Waals surface area contributed by atoms with Gasteiger partial charge in [-0.3, -0.25) is 4.79 Å². The molecule has 4 rings (SSSR count). The lowest BCUT2D eigenvalue weighted by molar-refractivity contribution is -0.129. The summed E-state index contributed by atoms with van der Waals surface area (Å²) in [6.45, 7) is 1.76. The highest BCUT2D eigenvalue weighted by molar-refractivity contribution is 9.10. The number of aliphatic imine (C=N–C) groups is 1. The molecule has 1 amide bonds. The molecule has 0 fully saturated rings. The molecule has 34 heavy (non-hydrogen) atoms. The van der Waals surface area contributed by atoms with E-state index in [1.165, 1.54) is 6.92 Å². The summed E-state index contributed by atoms with van der Waals surface area (Å²) in [4.78, 5) is 28.1. The van der Waals surface area contributed by atoms with E-state index in [4.69, 9.17) is 14.2 Å². The summed E-state index contributed by atoms with van der Waals surface area (Å²) in [7, 11) is 1.56. The first kappa shape index (κ1) is 23.3. The van der Waals surface area contributed by atoms with Gasteiger partial charge in [-0.05, 0) is 54.1 Å². The molecular weight excluding hydrogens is 500 g/mol. The quantitative estimate of drug-likeness (QED) is 0.335. The van der Waals surface area contributed by atoms with Gasteiger partial charge in [0.1, 0.15) is 6.61 Å². The molecule has 3 aromatic rings. The first-order valence-electron chi connectivity index (χ1n) is 10.4.